The molecule has 7 nitrogen and oxygen atoms in total. The van der Waals surface area contributed by atoms with Crippen LogP contribution in [0, 0.1) is 25.6 Å². The Balaban J connectivity index is 1.70. The fraction of sp³-hybridized carbons (Fsp3) is 0.364. The Morgan fingerprint density at radius 2 is 1.90 bits per heavy atom. The first kappa shape index (κ1) is 21.4. The molecule has 1 aliphatic rings. The molecule has 158 valence electrons. The largest absolute Gasteiger partial charge is 0.454 e. The van der Waals surface area contributed by atoms with Crippen molar-refractivity contribution in [2.75, 3.05) is 11.4 Å². The summed E-state index contributed by atoms with van der Waals surface area (Å²) in [6, 6.07) is 5.83. The van der Waals surface area contributed by atoms with Crippen LogP contribution in [0.15, 0.2) is 24.3 Å². The number of hydrogen-bond donors (Lipinski definition) is 1. The van der Waals surface area contributed by atoms with E-state index in [2.05, 4.69) is 4.98 Å². The van der Waals surface area contributed by atoms with Crippen molar-refractivity contribution in [1.82, 2.24) is 4.98 Å². The van der Waals surface area contributed by atoms with Crippen molar-refractivity contribution in [3.8, 4) is 0 Å². The minimum atomic E-state index is -1.10. The van der Waals surface area contributed by atoms with Crippen molar-refractivity contribution in [3.63, 3.8) is 0 Å². The first-order valence-electron chi connectivity index (χ1n) is 9.61. The van der Waals surface area contributed by atoms with Gasteiger partial charge in [0.2, 0.25) is 11.7 Å². The lowest BCUT2D eigenvalue weighted by Gasteiger charge is -2.18. The van der Waals surface area contributed by atoms with Gasteiger partial charge < -0.3 is 14.6 Å². The third kappa shape index (κ3) is 3.90. The van der Waals surface area contributed by atoms with Crippen LogP contribution in [-0.4, -0.2) is 41.1 Å². The van der Waals surface area contributed by atoms with E-state index in [1.54, 1.807) is 19.9 Å². The van der Waals surface area contributed by atoms with E-state index in [0.29, 0.717) is 16.8 Å². The van der Waals surface area contributed by atoms with Gasteiger partial charge in [0.25, 0.3) is 0 Å². The van der Waals surface area contributed by atoms with Gasteiger partial charge in [-0.3, -0.25) is 19.2 Å². The molecule has 2 heterocycles. The number of para-hydroxylation sites is 1. The Kier molecular flexibility index (Phi) is 5.87. The molecule has 0 aliphatic carbocycles. The zero-order chi connectivity index (χ0) is 22.2. The highest BCUT2D eigenvalue weighted by Gasteiger charge is 2.38. The maximum absolute atomic E-state index is 14.0. The van der Waals surface area contributed by atoms with Crippen LogP contribution < -0.4 is 4.90 Å². The third-order valence-corrected chi connectivity index (χ3v) is 5.30. The van der Waals surface area contributed by atoms with Gasteiger partial charge in [-0.1, -0.05) is 12.1 Å². The van der Waals surface area contributed by atoms with Gasteiger partial charge in [-0.2, -0.15) is 0 Å². The van der Waals surface area contributed by atoms with Crippen LogP contribution in [0.4, 0.5) is 10.1 Å². The number of ether oxygens (including phenoxy) is 1. The summed E-state index contributed by atoms with van der Waals surface area (Å²) in [4.78, 5) is 53.5. The quantitative estimate of drug-likeness (QED) is 0.579. The van der Waals surface area contributed by atoms with Crippen molar-refractivity contribution in [2.45, 2.75) is 40.2 Å². The van der Waals surface area contributed by atoms with Crippen molar-refractivity contribution in [1.29, 1.82) is 0 Å². The third-order valence-electron chi connectivity index (χ3n) is 5.30. The Bertz CT molecular complexity index is 1040. The van der Waals surface area contributed by atoms with Crippen molar-refractivity contribution >= 4 is 29.1 Å². The Morgan fingerprint density at radius 1 is 1.23 bits per heavy atom. The maximum atomic E-state index is 14.0. The predicted molar refractivity (Wildman–Crippen MR) is 107 cm³/mol. The minimum absolute atomic E-state index is 0.0192. The van der Waals surface area contributed by atoms with Gasteiger partial charge in [0.05, 0.1) is 17.3 Å². The van der Waals surface area contributed by atoms with Gasteiger partial charge >= 0.3 is 5.97 Å². The number of nitrogens with one attached hydrogen (secondary N) is 1. The van der Waals surface area contributed by atoms with E-state index in [9.17, 15) is 23.6 Å². The molecule has 3 rings (SSSR count). The molecule has 0 bridgehead atoms. The summed E-state index contributed by atoms with van der Waals surface area (Å²) >= 11 is 0. The SMILES string of the molecule is CC(=O)c1c(C)[nH]c(C(=O)[C@@H](C)OC(=O)[C@@H]2CC(=O)N(c3ccccc3F)C2)c1C. The summed E-state index contributed by atoms with van der Waals surface area (Å²) in [6.07, 6.45) is -1.23. The number of rotatable bonds is 6. The Labute approximate surface area is 173 Å². The van der Waals surface area contributed by atoms with Gasteiger partial charge in [0, 0.05) is 24.2 Å². The molecule has 0 unspecified atom stereocenters. The number of carbonyl (C=O) groups excluding carboxylic acids is 4. The number of anilines is 1. The molecule has 0 saturated carbocycles. The molecule has 1 saturated heterocycles. The lowest BCUT2D eigenvalue weighted by atomic mass is 10.0. The molecule has 1 aromatic carbocycles. The fourth-order valence-corrected chi connectivity index (χ4v) is 3.82. The summed E-state index contributed by atoms with van der Waals surface area (Å²) in [7, 11) is 0. The Morgan fingerprint density at radius 3 is 2.50 bits per heavy atom. The van der Waals surface area contributed by atoms with E-state index in [1.807, 2.05) is 0 Å². The number of Topliss-reactive ketones (excluding diaryl/α,β-unsaturated/α-hetero) is 2. The topological polar surface area (TPSA) is 96.5 Å². The number of amides is 1. The molecule has 1 aromatic heterocycles. The number of esters is 1. The smallest absolute Gasteiger partial charge is 0.312 e. The highest BCUT2D eigenvalue weighted by atomic mass is 19.1. The second-order valence-corrected chi connectivity index (χ2v) is 7.48. The predicted octanol–water partition coefficient (Wildman–Crippen LogP) is 3.14. The molecule has 0 spiro atoms. The van der Waals surface area contributed by atoms with Crippen LogP contribution in [0.1, 0.15) is 52.4 Å². The molecule has 2 atom stereocenters. The average Bonchev–Trinajstić information content (AvgIpc) is 3.20. The van der Waals surface area contributed by atoms with Crippen LogP contribution in [-0.2, 0) is 14.3 Å². The van der Waals surface area contributed by atoms with E-state index in [4.69, 9.17) is 4.74 Å². The molecule has 1 N–H and O–H groups in total. The number of carbonyl (C=O) groups is 4. The molecule has 1 amide bonds. The van der Waals surface area contributed by atoms with Crippen molar-refractivity contribution in [2.24, 2.45) is 5.92 Å². The molecule has 8 heteroatoms. The highest BCUT2D eigenvalue weighted by molar-refractivity contribution is 6.05. The summed E-state index contributed by atoms with van der Waals surface area (Å²) < 4.78 is 19.3. The summed E-state index contributed by atoms with van der Waals surface area (Å²) in [5.41, 5.74) is 1.85. The first-order valence-corrected chi connectivity index (χ1v) is 9.61. The number of nitrogens with zero attached hydrogens (tertiary/aromatic N) is 1. The molecular formula is C22H23FN2O5. The van der Waals surface area contributed by atoms with Gasteiger partial charge in [0.15, 0.2) is 11.9 Å². The number of aryl methyl sites for hydroxylation is 1. The minimum Gasteiger partial charge on any atom is -0.454 e. The number of hydrogen-bond acceptors (Lipinski definition) is 5. The lowest BCUT2D eigenvalue weighted by molar-refractivity contribution is -0.151. The highest BCUT2D eigenvalue weighted by Crippen LogP contribution is 2.28. The van der Waals surface area contributed by atoms with Crippen LogP contribution in [0.3, 0.4) is 0 Å². The molecule has 1 aliphatic heterocycles. The van der Waals surface area contributed by atoms with E-state index in [1.165, 1.54) is 36.9 Å². The van der Waals surface area contributed by atoms with E-state index in [-0.39, 0.29) is 36.0 Å². The van der Waals surface area contributed by atoms with E-state index in [0.717, 1.165) is 0 Å². The molecular weight excluding hydrogens is 391 g/mol. The molecule has 0 radical (unpaired) electrons. The zero-order valence-corrected chi connectivity index (χ0v) is 17.2. The van der Waals surface area contributed by atoms with Gasteiger partial charge in [-0.05, 0) is 45.4 Å². The summed E-state index contributed by atoms with van der Waals surface area (Å²) in [6.45, 7) is 6.19. The number of halogens is 1. The monoisotopic (exact) mass is 414 g/mol. The number of benzene rings is 1. The van der Waals surface area contributed by atoms with Gasteiger partial charge in [-0.25, -0.2) is 4.39 Å². The second kappa shape index (κ2) is 8.22. The van der Waals surface area contributed by atoms with E-state index < -0.39 is 29.6 Å². The lowest BCUT2D eigenvalue weighted by Crippen LogP contribution is -2.31. The first-order chi connectivity index (χ1) is 14.1. The van der Waals surface area contributed by atoms with Crippen LogP contribution >= 0.6 is 0 Å². The van der Waals surface area contributed by atoms with E-state index >= 15 is 0 Å². The zero-order valence-electron chi connectivity index (χ0n) is 17.2. The number of ketones is 2. The molecule has 30 heavy (non-hydrogen) atoms. The summed E-state index contributed by atoms with van der Waals surface area (Å²) in [5.74, 6) is -3.07. The second-order valence-electron chi connectivity index (χ2n) is 7.48. The summed E-state index contributed by atoms with van der Waals surface area (Å²) in [5, 5.41) is 0. The molecule has 2 aromatic rings. The molecule has 1 fully saturated rings. The fourth-order valence-electron chi connectivity index (χ4n) is 3.82. The standard InChI is InChI=1S/C22H23FN2O5/c1-11-19(13(3)26)12(2)24-20(11)21(28)14(4)30-22(29)15-9-18(27)25(10-15)17-8-6-5-7-16(17)23/h5-8,14-15,24H,9-10H2,1-4H3/t14-,15-/m1/s1. The van der Waals surface area contributed by atoms with Crippen LogP contribution in [0.25, 0.3) is 0 Å². The number of H-pyrrole nitrogens is 1. The number of aromatic amines is 1. The van der Waals surface area contributed by atoms with Crippen LogP contribution in [0.5, 0.6) is 0 Å². The van der Waals surface area contributed by atoms with Gasteiger partial charge in [-0.15, -0.1) is 0 Å². The van der Waals surface area contributed by atoms with Crippen molar-refractivity contribution < 1.29 is 28.3 Å². The maximum Gasteiger partial charge on any atom is 0.312 e. The number of aromatic nitrogens is 1. The Hall–Kier alpha value is -3.29. The van der Waals surface area contributed by atoms with Gasteiger partial charge in [0.1, 0.15) is 5.82 Å². The van der Waals surface area contributed by atoms with Crippen molar-refractivity contribution in [3.05, 3.63) is 52.6 Å². The normalized spacial score (nSPS) is 17.2. The average molecular weight is 414 g/mol. The van der Waals surface area contributed by atoms with Crippen LogP contribution in [0.2, 0.25) is 0 Å².